The van der Waals surface area contributed by atoms with E-state index in [1.807, 2.05) is 5.38 Å². The maximum atomic E-state index is 12.9. The van der Waals surface area contributed by atoms with E-state index in [0.29, 0.717) is 37.2 Å². The van der Waals surface area contributed by atoms with E-state index in [4.69, 9.17) is 16.3 Å². The topological polar surface area (TPSA) is 102 Å². The zero-order valence-corrected chi connectivity index (χ0v) is 19.6. The summed E-state index contributed by atoms with van der Waals surface area (Å²) in [4.78, 5) is 43.0. The highest BCUT2D eigenvalue weighted by Crippen LogP contribution is 2.31. The number of carbonyl (C=O) groups excluding carboxylic acids is 2. The van der Waals surface area contributed by atoms with Crippen LogP contribution in [0.4, 0.5) is 4.79 Å². The molecule has 0 saturated carbocycles. The molecule has 4 rings (SSSR count). The highest BCUT2D eigenvalue weighted by molar-refractivity contribution is 7.99. The van der Waals surface area contributed by atoms with Crippen molar-refractivity contribution in [3.05, 3.63) is 67.9 Å². The van der Waals surface area contributed by atoms with Gasteiger partial charge in [-0.05, 0) is 36.1 Å². The minimum atomic E-state index is -0.702. The molecule has 0 spiro atoms. The second-order valence-electron chi connectivity index (χ2n) is 6.88. The molecule has 0 saturated heterocycles. The van der Waals surface area contributed by atoms with Crippen molar-refractivity contribution < 1.29 is 14.3 Å². The first-order chi connectivity index (χ1) is 15.4. The fraction of sp³-hybridized carbons (Fsp3) is 0.238. The number of carbonyl (C=O) groups is 2. The van der Waals surface area contributed by atoms with Gasteiger partial charge in [0.1, 0.15) is 4.83 Å². The lowest BCUT2D eigenvalue weighted by molar-refractivity contribution is -0.139. The lowest BCUT2D eigenvalue weighted by Crippen LogP contribution is -2.46. The molecule has 8 nitrogen and oxygen atoms in total. The van der Waals surface area contributed by atoms with Crippen LogP contribution in [0.15, 0.2) is 56.9 Å². The lowest BCUT2D eigenvalue weighted by atomic mass is 9.95. The van der Waals surface area contributed by atoms with Crippen LogP contribution in [0.3, 0.4) is 0 Å². The third-order valence-electron chi connectivity index (χ3n) is 4.86. The molecule has 3 aromatic rings. The van der Waals surface area contributed by atoms with E-state index in [2.05, 4.69) is 15.6 Å². The van der Waals surface area contributed by atoms with Crippen molar-refractivity contribution in [1.82, 2.24) is 20.2 Å². The van der Waals surface area contributed by atoms with Gasteiger partial charge in [-0.15, -0.1) is 11.3 Å². The Labute approximate surface area is 196 Å². The molecular weight excluding hydrogens is 472 g/mol. The van der Waals surface area contributed by atoms with E-state index in [0.717, 1.165) is 0 Å². The Balaban J connectivity index is 1.72. The predicted molar refractivity (Wildman–Crippen MR) is 125 cm³/mol. The van der Waals surface area contributed by atoms with Crippen LogP contribution < -0.4 is 16.2 Å². The second-order valence-corrected chi connectivity index (χ2v) is 9.16. The van der Waals surface area contributed by atoms with Gasteiger partial charge < -0.3 is 15.4 Å². The van der Waals surface area contributed by atoms with E-state index in [-0.39, 0.29) is 17.9 Å². The molecule has 0 fully saturated rings. The Hall–Kier alpha value is -2.82. The van der Waals surface area contributed by atoms with Crippen molar-refractivity contribution in [2.45, 2.75) is 18.1 Å². The molecule has 11 heteroatoms. The Kier molecular flexibility index (Phi) is 6.54. The van der Waals surface area contributed by atoms with Gasteiger partial charge in [-0.2, -0.15) is 0 Å². The molecule has 0 aliphatic carbocycles. The third kappa shape index (κ3) is 4.38. The number of urea groups is 1. The van der Waals surface area contributed by atoms with Gasteiger partial charge in [-0.25, -0.2) is 14.6 Å². The molecule has 1 unspecified atom stereocenters. The van der Waals surface area contributed by atoms with Crippen LogP contribution >= 0.6 is 34.7 Å². The van der Waals surface area contributed by atoms with Crippen molar-refractivity contribution >= 4 is 56.9 Å². The molecule has 0 bridgehead atoms. The third-order valence-corrected chi connectivity index (χ3v) is 6.98. The average Bonchev–Trinajstić information content (AvgIpc) is 3.24. The van der Waals surface area contributed by atoms with Gasteiger partial charge in [-0.3, -0.25) is 9.36 Å². The Morgan fingerprint density at radius 3 is 2.75 bits per heavy atom. The summed E-state index contributed by atoms with van der Waals surface area (Å²) in [5, 5.41) is 8.91. The first-order valence-corrected chi connectivity index (χ1v) is 11.9. The van der Waals surface area contributed by atoms with E-state index >= 15 is 0 Å². The number of halogens is 1. The summed E-state index contributed by atoms with van der Waals surface area (Å²) in [6, 6.07) is 7.49. The monoisotopic (exact) mass is 490 g/mol. The summed E-state index contributed by atoms with van der Waals surface area (Å²) in [6.45, 7) is 1.91. The van der Waals surface area contributed by atoms with Crippen LogP contribution in [0.1, 0.15) is 18.5 Å². The van der Waals surface area contributed by atoms with Crippen LogP contribution in [0.5, 0.6) is 0 Å². The minimum absolute atomic E-state index is 0.147. The van der Waals surface area contributed by atoms with Crippen molar-refractivity contribution in [3.8, 4) is 0 Å². The van der Waals surface area contributed by atoms with Gasteiger partial charge in [0.05, 0.1) is 23.6 Å². The number of hydrogen-bond donors (Lipinski definition) is 2. The van der Waals surface area contributed by atoms with Crippen molar-refractivity contribution in [1.29, 1.82) is 0 Å². The molecule has 2 N–H and O–H groups in total. The van der Waals surface area contributed by atoms with Gasteiger partial charge in [0, 0.05) is 23.5 Å². The zero-order chi connectivity index (χ0) is 22.8. The summed E-state index contributed by atoms with van der Waals surface area (Å²) in [6.07, 6.45) is 0. The molecule has 1 aromatic carbocycles. The fourth-order valence-corrected chi connectivity index (χ4v) is 5.20. The lowest BCUT2D eigenvalue weighted by Gasteiger charge is -2.29. The van der Waals surface area contributed by atoms with Crippen molar-refractivity contribution in [2.24, 2.45) is 7.05 Å². The summed E-state index contributed by atoms with van der Waals surface area (Å²) < 4.78 is 6.73. The average molecular weight is 491 g/mol. The van der Waals surface area contributed by atoms with E-state index in [1.54, 1.807) is 44.3 Å². The Morgan fingerprint density at radius 2 is 2.03 bits per heavy atom. The number of thioether (sulfide) groups is 1. The zero-order valence-electron chi connectivity index (χ0n) is 17.2. The second kappa shape index (κ2) is 9.35. The molecule has 1 aliphatic heterocycles. The Bertz CT molecular complexity index is 1280. The van der Waals surface area contributed by atoms with Gasteiger partial charge in [0.15, 0.2) is 5.16 Å². The quantitative estimate of drug-likeness (QED) is 0.311. The molecule has 1 aliphatic rings. The maximum absolute atomic E-state index is 12.9. The first-order valence-electron chi connectivity index (χ1n) is 9.69. The summed E-state index contributed by atoms with van der Waals surface area (Å²) in [5.74, 6) is -0.325. The van der Waals surface area contributed by atoms with Crippen LogP contribution in [0, 0.1) is 0 Å². The summed E-state index contributed by atoms with van der Waals surface area (Å²) in [5.41, 5.74) is 1.24. The molecule has 166 valence electrons. The molecule has 3 heterocycles. The SMILES string of the molecule is CCOC(=O)C1=C(CSc2nc3sccc3c(=O)n2C)NC(=O)NC1c1ccc(Cl)cc1. The minimum Gasteiger partial charge on any atom is -0.463 e. The fourth-order valence-electron chi connectivity index (χ4n) is 3.33. The van der Waals surface area contributed by atoms with E-state index in [1.165, 1.54) is 27.7 Å². The van der Waals surface area contributed by atoms with Gasteiger partial charge in [-0.1, -0.05) is 35.5 Å². The van der Waals surface area contributed by atoms with Gasteiger partial charge >= 0.3 is 12.0 Å². The molecule has 1 atom stereocenters. The maximum Gasteiger partial charge on any atom is 0.338 e. The van der Waals surface area contributed by atoms with Crippen LogP contribution in [0.25, 0.3) is 10.2 Å². The molecular formula is C21H19ClN4O4S2. The number of benzene rings is 1. The normalized spacial score (nSPS) is 16.1. The van der Waals surface area contributed by atoms with Crippen LogP contribution in [-0.4, -0.2) is 33.9 Å². The summed E-state index contributed by atoms with van der Waals surface area (Å²) in [7, 11) is 1.65. The molecule has 2 amide bonds. The van der Waals surface area contributed by atoms with Gasteiger partial charge in [0.25, 0.3) is 5.56 Å². The standard InChI is InChI=1S/C21H19ClN4O4S2/c1-3-30-19(28)15-14(23-20(29)24-16(15)11-4-6-12(22)7-5-11)10-32-21-25-17-13(8-9-31-17)18(27)26(21)2/h4-9,16H,3,10H2,1-2H3,(H2,23,24,29). The van der Waals surface area contributed by atoms with E-state index < -0.39 is 18.0 Å². The first kappa shape index (κ1) is 22.4. The molecule has 0 radical (unpaired) electrons. The number of rotatable bonds is 6. The van der Waals surface area contributed by atoms with E-state index in [9.17, 15) is 14.4 Å². The molecule has 2 aromatic heterocycles. The number of thiophene rings is 1. The summed E-state index contributed by atoms with van der Waals surface area (Å²) >= 11 is 8.63. The highest BCUT2D eigenvalue weighted by atomic mass is 35.5. The number of hydrogen-bond acceptors (Lipinski definition) is 7. The number of ether oxygens (including phenoxy) is 1. The number of nitrogens with one attached hydrogen (secondary N) is 2. The number of fused-ring (bicyclic) bond motifs is 1. The number of aromatic nitrogens is 2. The van der Waals surface area contributed by atoms with Crippen LogP contribution in [0.2, 0.25) is 5.02 Å². The Morgan fingerprint density at radius 1 is 1.28 bits per heavy atom. The van der Waals surface area contributed by atoms with Crippen molar-refractivity contribution in [3.63, 3.8) is 0 Å². The number of amides is 2. The predicted octanol–water partition coefficient (Wildman–Crippen LogP) is 3.61. The smallest absolute Gasteiger partial charge is 0.338 e. The highest BCUT2D eigenvalue weighted by Gasteiger charge is 2.33. The van der Waals surface area contributed by atoms with Crippen molar-refractivity contribution in [2.75, 3.05) is 12.4 Å². The molecule has 32 heavy (non-hydrogen) atoms. The largest absolute Gasteiger partial charge is 0.463 e. The van der Waals surface area contributed by atoms with Crippen LogP contribution in [-0.2, 0) is 16.6 Å². The van der Waals surface area contributed by atoms with Gasteiger partial charge in [0.2, 0.25) is 0 Å². The number of esters is 1. The number of nitrogens with zero attached hydrogens (tertiary/aromatic N) is 2.